The number of nitrogens with zero attached hydrogens (tertiary/aromatic N) is 1. The molecule has 2 aliphatic rings. The van der Waals surface area contributed by atoms with Gasteiger partial charge in [0.15, 0.2) is 0 Å². The first-order valence-electron chi connectivity index (χ1n) is 12.5. The predicted octanol–water partition coefficient (Wildman–Crippen LogP) is 8.21. The Morgan fingerprint density at radius 3 is 1.98 bits per heavy atom. The fraction of sp³-hybridized carbons (Fsp3) is 0.464. The van der Waals surface area contributed by atoms with E-state index in [1.807, 2.05) is 12.2 Å². The summed E-state index contributed by atoms with van der Waals surface area (Å²) in [5.74, 6) is -0.790. The minimum Gasteiger partial charge on any atom is -0.469 e. The molecule has 2 aromatic rings. The minimum atomic E-state index is -4.92. The maximum absolute atomic E-state index is 13.8. The Labute approximate surface area is 224 Å². The lowest BCUT2D eigenvalue weighted by Gasteiger charge is -2.45. The second-order valence-corrected chi connectivity index (χ2v) is 10.2. The van der Waals surface area contributed by atoms with Gasteiger partial charge in [-0.3, -0.25) is 9.69 Å². The number of allylic oxidation sites excluding steroid dienone is 2. The molecule has 1 heterocycles. The smallest absolute Gasteiger partial charge is 0.416 e. The molecule has 218 valence electrons. The van der Waals surface area contributed by atoms with E-state index in [-0.39, 0.29) is 18.9 Å². The molecule has 1 aliphatic heterocycles. The number of hydrogen-bond acceptors (Lipinski definition) is 3. The summed E-state index contributed by atoms with van der Waals surface area (Å²) in [6, 6.07) is 4.63. The van der Waals surface area contributed by atoms with E-state index in [2.05, 4.69) is 0 Å². The van der Waals surface area contributed by atoms with Crippen molar-refractivity contribution in [1.82, 2.24) is 4.90 Å². The molecule has 0 radical (unpaired) electrons. The van der Waals surface area contributed by atoms with Gasteiger partial charge in [0.05, 0.1) is 29.2 Å². The molecule has 1 unspecified atom stereocenters. The van der Waals surface area contributed by atoms with E-state index in [1.54, 1.807) is 0 Å². The largest absolute Gasteiger partial charge is 0.469 e. The zero-order valence-corrected chi connectivity index (χ0v) is 21.3. The van der Waals surface area contributed by atoms with Gasteiger partial charge < -0.3 is 4.74 Å². The highest BCUT2D eigenvalue weighted by Crippen LogP contribution is 2.51. The number of benzene rings is 2. The molecular formula is C28H26F9NO2. The van der Waals surface area contributed by atoms with Gasteiger partial charge in [0.1, 0.15) is 0 Å². The molecule has 0 bridgehead atoms. The average Bonchev–Trinajstić information content (AvgIpc) is 3.38. The Morgan fingerprint density at radius 1 is 0.875 bits per heavy atom. The Bertz CT molecular complexity index is 1240. The molecule has 0 amide bonds. The van der Waals surface area contributed by atoms with Crippen LogP contribution in [0.2, 0.25) is 0 Å². The first-order valence-corrected chi connectivity index (χ1v) is 12.5. The summed E-state index contributed by atoms with van der Waals surface area (Å²) in [5, 5.41) is 0. The zero-order chi connectivity index (χ0) is 29.5. The van der Waals surface area contributed by atoms with Crippen LogP contribution in [-0.4, -0.2) is 24.5 Å². The van der Waals surface area contributed by atoms with Crippen LogP contribution in [0, 0.1) is 11.3 Å². The van der Waals surface area contributed by atoms with Crippen molar-refractivity contribution in [2.24, 2.45) is 11.3 Å². The van der Waals surface area contributed by atoms with Gasteiger partial charge in [-0.25, -0.2) is 0 Å². The van der Waals surface area contributed by atoms with Crippen LogP contribution in [0.4, 0.5) is 39.5 Å². The fourth-order valence-electron chi connectivity index (χ4n) is 5.88. The number of methoxy groups -OCH3 is 1. The number of rotatable bonds is 5. The molecule has 40 heavy (non-hydrogen) atoms. The Hall–Kier alpha value is -3.02. The highest BCUT2D eigenvalue weighted by Gasteiger charge is 2.50. The van der Waals surface area contributed by atoms with E-state index >= 15 is 0 Å². The van der Waals surface area contributed by atoms with Crippen LogP contribution in [0.1, 0.15) is 59.5 Å². The lowest BCUT2D eigenvalue weighted by atomic mass is 9.67. The van der Waals surface area contributed by atoms with Crippen LogP contribution in [0.3, 0.4) is 0 Å². The first-order chi connectivity index (χ1) is 18.6. The molecule has 1 saturated heterocycles. The average molecular weight is 580 g/mol. The normalized spacial score (nSPS) is 21.9. The van der Waals surface area contributed by atoms with Gasteiger partial charge in [0, 0.05) is 12.6 Å². The number of ether oxygens (including phenoxy) is 1. The third-order valence-electron chi connectivity index (χ3n) is 7.95. The number of likely N-dealkylation sites (tertiary alicyclic amines) is 1. The van der Waals surface area contributed by atoms with Crippen molar-refractivity contribution < 1.29 is 49.0 Å². The summed E-state index contributed by atoms with van der Waals surface area (Å²) in [6.07, 6.45) is -9.50. The summed E-state index contributed by atoms with van der Waals surface area (Å²) in [4.78, 5) is 14.4. The second-order valence-electron chi connectivity index (χ2n) is 10.2. The van der Waals surface area contributed by atoms with Crippen molar-refractivity contribution in [3.05, 3.63) is 82.4 Å². The maximum Gasteiger partial charge on any atom is 0.416 e. The second kappa shape index (κ2) is 10.8. The van der Waals surface area contributed by atoms with E-state index in [4.69, 9.17) is 4.74 Å². The van der Waals surface area contributed by atoms with Gasteiger partial charge >= 0.3 is 24.5 Å². The van der Waals surface area contributed by atoms with Crippen molar-refractivity contribution >= 4 is 5.97 Å². The van der Waals surface area contributed by atoms with Gasteiger partial charge in [0.25, 0.3) is 0 Å². The molecule has 2 atom stereocenters. The summed E-state index contributed by atoms with van der Waals surface area (Å²) >= 11 is 0. The zero-order valence-electron chi connectivity index (χ0n) is 21.3. The number of hydrogen-bond donors (Lipinski definition) is 0. The Kier molecular flexibility index (Phi) is 8.05. The van der Waals surface area contributed by atoms with Crippen LogP contribution in [0.5, 0.6) is 0 Å². The standard InChI is InChI=1S/C28H26F9NO2/c1-40-24(39)25(11-2-3-12-25)20-10-13-38(23(15-20)17-4-6-19(7-5-17)26(29,30)31)16-18-14-21(27(32,33)34)8-9-22(18)28(35,36)37/h2-9,14,20,23H,10-13,15-16H2,1H3/t20?,23-/m1/s1. The highest BCUT2D eigenvalue weighted by molar-refractivity contribution is 5.78. The number of piperidine rings is 1. The number of alkyl halides is 9. The van der Waals surface area contributed by atoms with E-state index < -0.39 is 64.8 Å². The van der Waals surface area contributed by atoms with Crippen molar-refractivity contribution in [3.63, 3.8) is 0 Å². The number of esters is 1. The van der Waals surface area contributed by atoms with Gasteiger partial charge in [0.2, 0.25) is 0 Å². The predicted molar refractivity (Wildman–Crippen MR) is 127 cm³/mol. The van der Waals surface area contributed by atoms with Gasteiger partial charge in [-0.2, -0.15) is 39.5 Å². The summed E-state index contributed by atoms with van der Waals surface area (Å²) in [7, 11) is 1.25. The van der Waals surface area contributed by atoms with Crippen LogP contribution in [0.15, 0.2) is 54.6 Å². The van der Waals surface area contributed by atoms with Gasteiger partial charge in [-0.1, -0.05) is 24.3 Å². The highest BCUT2D eigenvalue weighted by atomic mass is 19.4. The van der Waals surface area contributed by atoms with Crippen molar-refractivity contribution in [3.8, 4) is 0 Å². The molecule has 12 heteroatoms. The van der Waals surface area contributed by atoms with E-state index in [0.717, 1.165) is 12.1 Å². The molecule has 0 spiro atoms. The molecule has 1 aliphatic carbocycles. The van der Waals surface area contributed by atoms with Crippen LogP contribution >= 0.6 is 0 Å². The van der Waals surface area contributed by atoms with Crippen molar-refractivity contribution in [2.45, 2.75) is 56.8 Å². The maximum atomic E-state index is 13.8. The van der Waals surface area contributed by atoms with E-state index in [0.29, 0.717) is 43.0 Å². The minimum absolute atomic E-state index is 0.0998. The molecule has 2 aromatic carbocycles. The Morgan fingerprint density at radius 2 is 1.45 bits per heavy atom. The molecule has 0 N–H and O–H groups in total. The summed E-state index contributed by atoms with van der Waals surface area (Å²) < 4.78 is 126. The van der Waals surface area contributed by atoms with Gasteiger partial charge in [-0.05, 0) is 79.6 Å². The third-order valence-corrected chi connectivity index (χ3v) is 7.95. The number of halogens is 9. The molecule has 0 aromatic heterocycles. The van der Waals surface area contributed by atoms with Crippen LogP contribution < -0.4 is 0 Å². The monoisotopic (exact) mass is 579 g/mol. The molecule has 1 fully saturated rings. The lowest BCUT2D eigenvalue weighted by Crippen LogP contribution is -2.45. The van der Waals surface area contributed by atoms with Crippen molar-refractivity contribution in [1.29, 1.82) is 0 Å². The summed E-state index contributed by atoms with van der Waals surface area (Å²) in [5.41, 5.74) is -4.55. The topological polar surface area (TPSA) is 29.5 Å². The molecule has 4 rings (SSSR count). The van der Waals surface area contributed by atoms with Crippen LogP contribution in [0.25, 0.3) is 0 Å². The SMILES string of the molecule is COC(=O)C1(C2CCN(Cc3cc(C(F)(F)F)ccc3C(F)(F)F)[C@@H](c3ccc(C(F)(F)F)cc3)C2)CC=CC1. The third kappa shape index (κ3) is 6.01. The molecule has 0 saturated carbocycles. The summed E-state index contributed by atoms with van der Waals surface area (Å²) in [6.45, 7) is -0.427. The first kappa shape index (κ1) is 30.0. The molecule has 3 nitrogen and oxygen atoms in total. The number of carbonyl (C=O) groups excluding carboxylic acids is 1. The van der Waals surface area contributed by atoms with E-state index in [1.165, 1.54) is 24.1 Å². The lowest BCUT2D eigenvalue weighted by molar-refractivity contribution is -0.158. The fourth-order valence-corrected chi connectivity index (χ4v) is 5.88. The number of carbonyl (C=O) groups is 1. The quantitative estimate of drug-likeness (QED) is 0.203. The Balaban J connectivity index is 1.74. The van der Waals surface area contributed by atoms with Crippen LogP contribution in [-0.2, 0) is 34.6 Å². The van der Waals surface area contributed by atoms with E-state index in [9.17, 15) is 44.3 Å². The molecular weight excluding hydrogens is 553 g/mol. The van der Waals surface area contributed by atoms with Crippen molar-refractivity contribution in [2.75, 3.05) is 13.7 Å². The van der Waals surface area contributed by atoms with Gasteiger partial charge in [-0.15, -0.1) is 0 Å².